The molecule has 4 aromatic rings. The van der Waals surface area contributed by atoms with Crippen LogP contribution in [0.2, 0.25) is 5.02 Å². The molecule has 0 saturated heterocycles. The third-order valence-electron chi connectivity index (χ3n) is 5.56. The van der Waals surface area contributed by atoms with Crippen molar-refractivity contribution in [1.29, 1.82) is 0 Å². The van der Waals surface area contributed by atoms with Gasteiger partial charge in [0.1, 0.15) is 17.4 Å². The summed E-state index contributed by atoms with van der Waals surface area (Å²) in [6, 6.07) is 17.4. The monoisotopic (exact) mass is 535 g/mol. The average molecular weight is 536 g/mol. The first kappa shape index (κ1) is 26.2. The summed E-state index contributed by atoms with van der Waals surface area (Å²) in [6.07, 6.45) is 0. The third-order valence-corrected chi connectivity index (χ3v) is 5.87. The summed E-state index contributed by atoms with van der Waals surface area (Å²) in [6.45, 7) is -0.253. The van der Waals surface area contributed by atoms with Gasteiger partial charge in [0.15, 0.2) is 5.76 Å². The normalized spacial score (nSPS) is 11.5. The van der Waals surface area contributed by atoms with Gasteiger partial charge in [-0.3, -0.25) is 14.4 Å². The molecule has 3 aromatic carbocycles. The van der Waals surface area contributed by atoms with Gasteiger partial charge in [0.25, 0.3) is 17.7 Å². The number of phenolic OH excluding ortho intramolecular Hbond substituents is 1. The highest BCUT2D eigenvalue weighted by Crippen LogP contribution is 2.20. The second-order valence-electron chi connectivity index (χ2n) is 8.27. The fraction of sp³-hybridized carbons (Fsp3) is 0.111. The standard InChI is InChI=1S/C27H22ClN3O7/c28-20-11-17(24(33)29-13-15-4-3-6-18(32)10-15)8-9-19(20)25(34)31-21(27(36)37)14-30-26(35)23-12-16-5-1-2-7-22(16)38-23/h1-12,21,32H,13-14H2,(H,29,33)(H,30,35)(H,31,34)(H,36,37)/t21-/m0/s1. The summed E-state index contributed by atoms with van der Waals surface area (Å²) < 4.78 is 5.46. The number of halogens is 1. The molecular formula is C27H22ClN3O7. The molecule has 1 atom stereocenters. The van der Waals surface area contributed by atoms with Gasteiger partial charge < -0.3 is 30.6 Å². The molecule has 10 nitrogen and oxygen atoms in total. The number of rotatable bonds is 9. The minimum atomic E-state index is -1.46. The van der Waals surface area contributed by atoms with Gasteiger partial charge >= 0.3 is 5.97 Å². The number of furan rings is 1. The van der Waals surface area contributed by atoms with Crippen LogP contribution in [0.3, 0.4) is 0 Å². The number of hydrogen-bond acceptors (Lipinski definition) is 6. The van der Waals surface area contributed by atoms with Crippen molar-refractivity contribution in [3.63, 3.8) is 0 Å². The van der Waals surface area contributed by atoms with Crippen molar-refractivity contribution in [1.82, 2.24) is 16.0 Å². The lowest BCUT2D eigenvalue weighted by atomic mass is 10.1. The van der Waals surface area contributed by atoms with E-state index < -0.39 is 36.3 Å². The summed E-state index contributed by atoms with van der Waals surface area (Å²) in [4.78, 5) is 49.3. The van der Waals surface area contributed by atoms with Crippen LogP contribution in [0.4, 0.5) is 0 Å². The zero-order valence-electron chi connectivity index (χ0n) is 19.7. The largest absolute Gasteiger partial charge is 0.508 e. The molecule has 0 radical (unpaired) electrons. The van der Waals surface area contributed by atoms with Gasteiger partial charge in [-0.05, 0) is 48.0 Å². The molecule has 11 heteroatoms. The van der Waals surface area contributed by atoms with Gasteiger partial charge in [-0.15, -0.1) is 0 Å². The first-order valence-corrected chi connectivity index (χ1v) is 11.7. The quantitative estimate of drug-likeness (QED) is 0.220. The minimum Gasteiger partial charge on any atom is -0.508 e. The van der Waals surface area contributed by atoms with Crippen LogP contribution in [0, 0.1) is 0 Å². The van der Waals surface area contributed by atoms with Crippen molar-refractivity contribution < 1.29 is 33.8 Å². The van der Waals surface area contributed by atoms with E-state index in [4.69, 9.17) is 16.0 Å². The molecule has 1 heterocycles. The van der Waals surface area contributed by atoms with Gasteiger partial charge in [0.05, 0.1) is 10.6 Å². The van der Waals surface area contributed by atoms with E-state index in [-0.39, 0.29) is 34.2 Å². The van der Waals surface area contributed by atoms with E-state index >= 15 is 0 Å². The molecule has 0 aliphatic heterocycles. The molecule has 1 aromatic heterocycles. The molecule has 0 fully saturated rings. The van der Waals surface area contributed by atoms with Crippen LogP contribution in [0.1, 0.15) is 36.8 Å². The van der Waals surface area contributed by atoms with Crippen molar-refractivity contribution in [2.75, 3.05) is 6.54 Å². The Labute approximate surface area is 221 Å². The summed E-state index contributed by atoms with van der Waals surface area (Å²) in [5, 5.41) is 27.1. The molecule has 0 unspecified atom stereocenters. The molecule has 194 valence electrons. The van der Waals surface area contributed by atoms with Crippen LogP contribution in [-0.4, -0.2) is 46.5 Å². The van der Waals surface area contributed by atoms with E-state index in [1.807, 2.05) is 0 Å². The number of amides is 3. The van der Waals surface area contributed by atoms with E-state index in [0.717, 1.165) is 0 Å². The lowest BCUT2D eigenvalue weighted by molar-refractivity contribution is -0.139. The summed E-state index contributed by atoms with van der Waals surface area (Å²) >= 11 is 6.21. The van der Waals surface area contributed by atoms with Crippen LogP contribution in [-0.2, 0) is 11.3 Å². The highest BCUT2D eigenvalue weighted by Gasteiger charge is 2.24. The number of aromatic hydroxyl groups is 1. The smallest absolute Gasteiger partial charge is 0.328 e. The Kier molecular flexibility index (Phi) is 7.93. The van der Waals surface area contributed by atoms with Crippen LogP contribution in [0.5, 0.6) is 5.75 Å². The highest BCUT2D eigenvalue weighted by molar-refractivity contribution is 6.34. The Hall–Kier alpha value is -4.83. The average Bonchev–Trinajstić information content (AvgIpc) is 3.33. The van der Waals surface area contributed by atoms with Crippen molar-refractivity contribution in [3.05, 3.63) is 100 Å². The number of carbonyl (C=O) groups excluding carboxylic acids is 3. The topological polar surface area (TPSA) is 158 Å². The molecule has 0 aliphatic rings. The molecular weight excluding hydrogens is 514 g/mol. The second kappa shape index (κ2) is 11.5. The van der Waals surface area contributed by atoms with Gasteiger partial charge in [-0.2, -0.15) is 0 Å². The van der Waals surface area contributed by atoms with E-state index in [0.29, 0.717) is 16.5 Å². The number of carboxylic acid groups (broad SMARTS) is 1. The van der Waals surface area contributed by atoms with Crippen LogP contribution in [0.15, 0.2) is 77.2 Å². The van der Waals surface area contributed by atoms with Gasteiger partial charge in [0, 0.05) is 24.0 Å². The number of phenols is 1. The lowest BCUT2D eigenvalue weighted by Crippen LogP contribution is -2.48. The Balaban J connectivity index is 1.36. The van der Waals surface area contributed by atoms with Gasteiger partial charge in [0.2, 0.25) is 0 Å². The zero-order valence-corrected chi connectivity index (χ0v) is 20.5. The number of para-hydroxylation sites is 1. The molecule has 4 rings (SSSR count). The maximum atomic E-state index is 12.7. The van der Waals surface area contributed by atoms with E-state index in [1.54, 1.807) is 36.4 Å². The third kappa shape index (κ3) is 6.29. The van der Waals surface area contributed by atoms with Crippen molar-refractivity contribution in [2.24, 2.45) is 0 Å². The van der Waals surface area contributed by atoms with Crippen molar-refractivity contribution in [3.8, 4) is 5.75 Å². The predicted octanol–water partition coefficient (Wildman–Crippen LogP) is 3.33. The number of nitrogens with one attached hydrogen (secondary N) is 3. The van der Waals surface area contributed by atoms with E-state index in [9.17, 15) is 29.4 Å². The summed E-state index contributed by atoms with van der Waals surface area (Å²) in [5.41, 5.74) is 1.32. The van der Waals surface area contributed by atoms with E-state index in [2.05, 4.69) is 16.0 Å². The highest BCUT2D eigenvalue weighted by atomic mass is 35.5. The number of hydrogen-bond donors (Lipinski definition) is 5. The zero-order chi connectivity index (χ0) is 27.2. The molecule has 0 saturated carbocycles. The fourth-order valence-corrected chi connectivity index (χ4v) is 3.87. The number of aliphatic carboxylic acids is 1. The van der Waals surface area contributed by atoms with Crippen molar-refractivity contribution in [2.45, 2.75) is 12.6 Å². The molecule has 0 aliphatic carbocycles. The molecule has 0 spiro atoms. The maximum absolute atomic E-state index is 12.7. The van der Waals surface area contributed by atoms with Crippen molar-refractivity contribution >= 4 is 46.3 Å². The molecule has 5 N–H and O–H groups in total. The van der Waals surface area contributed by atoms with Crippen LogP contribution < -0.4 is 16.0 Å². The second-order valence-corrected chi connectivity index (χ2v) is 8.68. The molecule has 3 amide bonds. The first-order chi connectivity index (χ1) is 18.2. The maximum Gasteiger partial charge on any atom is 0.328 e. The Morgan fingerprint density at radius 1 is 0.868 bits per heavy atom. The number of carboxylic acids is 1. The Morgan fingerprint density at radius 3 is 2.37 bits per heavy atom. The molecule has 0 bridgehead atoms. The lowest BCUT2D eigenvalue weighted by Gasteiger charge is -2.16. The Bertz CT molecular complexity index is 1500. The van der Waals surface area contributed by atoms with Gasteiger partial charge in [-0.1, -0.05) is 41.9 Å². The fourth-order valence-electron chi connectivity index (χ4n) is 3.60. The van der Waals surface area contributed by atoms with Crippen LogP contribution >= 0.6 is 11.6 Å². The minimum absolute atomic E-state index is 0.00245. The first-order valence-electron chi connectivity index (χ1n) is 11.4. The summed E-state index contributed by atoms with van der Waals surface area (Å²) in [7, 11) is 0. The Morgan fingerprint density at radius 2 is 1.66 bits per heavy atom. The SMILES string of the molecule is O=C(NCc1cccc(O)c1)c1ccc(C(=O)N[C@@H](CNC(=O)c2cc3ccccc3o2)C(=O)O)c(Cl)c1. The van der Waals surface area contributed by atoms with E-state index in [1.165, 1.54) is 36.4 Å². The van der Waals surface area contributed by atoms with Crippen LogP contribution in [0.25, 0.3) is 11.0 Å². The van der Waals surface area contributed by atoms with Gasteiger partial charge in [-0.25, -0.2) is 4.79 Å². The number of carbonyl (C=O) groups is 4. The summed E-state index contributed by atoms with van der Waals surface area (Å²) in [5.74, 6) is -3.19. The molecule has 38 heavy (non-hydrogen) atoms. The number of benzene rings is 3. The predicted molar refractivity (Wildman–Crippen MR) is 138 cm³/mol. The number of fused-ring (bicyclic) bond motifs is 1.